The highest BCUT2D eigenvalue weighted by atomic mass is 15.1. The van der Waals surface area contributed by atoms with Gasteiger partial charge in [0.25, 0.3) is 0 Å². The van der Waals surface area contributed by atoms with E-state index in [4.69, 9.17) is 5.73 Å². The molecule has 88 valence electrons. The Morgan fingerprint density at radius 2 is 2.06 bits per heavy atom. The van der Waals surface area contributed by atoms with E-state index in [1.54, 1.807) is 0 Å². The molecule has 2 nitrogen and oxygen atoms in total. The van der Waals surface area contributed by atoms with Gasteiger partial charge in [-0.2, -0.15) is 0 Å². The van der Waals surface area contributed by atoms with Crippen molar-refractivity contribution in [2.45, 2.75) is 33.6 Å². The summed E-state index contributed by atoms with van der Waals surface area (Å²) in [5.41, 5.74) is 10.9. The largest absolute Gasteiger partial charge is 0.397 e. The van der Waals surface area contributed by atoms with Crippen LogP contribution in [0, 0.1) is 19.8 Å². The van der Waals surface area contributed by atoms with Crippen molar-refractivity contribution in [2.24, 2.45) is 5.92 Å². The molecule has 0 bridgehead atoms. The molecule has 2 heteroatoms. The quantitative estimate of drug-likeness (QED) is 0.734. The molecule has 1 atom stereocenters. The van der Waals surface area contributed by atoms with Crippen molar-refractivity contribution < 1.29 is 0 Å². The number of nitrogens with zero attached hydrogens (tertiary/aromatic N) is 1. The third-order valence-electron chi connectivity index (χ3n) is 3.51. The van der Waals surface area contributed by atoms with E-state index in [0.717, 1.165) is 24.7 Å². The average Bonchev–Trinajstić information content (AvgIpc) is 2.23. The van der Waals surface area contributed by atoms with E-state index in [1.165, 1.54) is 29.7 Å². The van der Waals surface area contributed by atoms with E-state index < -0.39 is 0 Å². The van der Waals surface area contributed by atoms with Crippen molar-refractivity contribution in [3.8, 4) is 0 Å². The zero-order valence-corrected chi connectivity index (χ0v) is 10.6. The molecule has 1 saturated heterocycles. The summed E-state index contributed by atoms with van der Waals surface area (Å²) in [6.45, 7) is 8.86. The molecule has 0 saturated carbocycles. The van der Waals surface area contributed by atoms with Gasteiger partial charge in [0.1, 0.15) is 0 Å². The fraction of sp³-hybridized carbons (Fsp3) is 0.571. The van der Waals surface area contributed by atoms with Crippen molar-refractivity contribution in [2.75, 3.05) is 23.7 Å². The van der Waals surface area contributed by atoms with Crippen LogP contribution < -0.4 is 10.6 Å². The number of piperidine rings is 1. The van der Waals surface area contributed by atoms with Gasteiger partial charge in [0.2, 0.25) is 0 Å². The van der Waals surface area contributed by atoms with Crippen LogP contribution in [0.25, 0.3) is 0 Å². The smallest absolute Gasteiger partial charge is 0.0605 e. The fourth-order valence-electron chi connectivity index (χ4n) is 2.63. The van der Waals surface area contributed by atoms with E-state index in [-0.39, 0.29) is 0 Å². The summed E-state index contributed by atoms with van der Waals surface area (Å²) < 4.78 is 0. The van der Waals surface area contributed by atoms with Crippen molar-refractivity contribution >= 4 is 11.4 Å². The fourth-order valence-corrected chi connectivity index (χ4v) is 2.63. The predicted octanol–water partition coefficient (Wildman–Crippen LogP) is 3.12. The molecule has 1 heterocycles. The van der Waals surface area contributed by atoms with Crippen LogP contribution in [0.1, 0.15) is 30.9 Å². The molecule has 0 aliphatic carbocycles. The van der Waals surface area contributed by atoms with E-state index in [0.29, 0.717) is 0 Å². The van der Waals surface area contributed by atoms with Gasteiger partial charge in [0.15, 0.2) is 0 Å². The molecule has 1 fully saturated rings. The first-order chi connectivity index (χ1) is 7.58. The summed E-state index contributed by atoms with van der Waals surface area (Å²) in [5, 5.41) is 0. The Hall–Kier alpha value is -1.18. The van der Waals surface area contributed by atoms with Gasteiger partial charge in [0, 0.05) is 13.1 Å². The van der Waals surface area contributed by atoms with Gasteiger partial charge in [-0.05, 0) is 49.8 Å². The number of rotatable bonds is 1. The summed E-state index contributed by atoms with van der Waals surface area (Å²) in [7, 11) is 0. The van der Waals surface area contributed by atoms with Crippen molar-refractivity contribution in [1.82, 2.24) is 0 Å². The van der Waals surface area contributed by atoms with Gasteiger partial charge in [-0.15, -0.1) is 0 Å². The molecular formula is C14H22N2. The van der Waals surface area contributed by atoms with Crippen molar-refractivity contribution in [3.05, 3.63) is 23.3 Å². The van der Waals surface area contributed by atoms with Gasteiger partial charge < -0.3 is 10.6 Å². The van der Waals surface area contributed by atoms with Gasteiger partial charge in [0.05, 0.1) is 11.4 Å². The van der Waals surface area contributed by atoms with Crippen LogP contribution in [-0.2, 0) is 0 Å². The van der Waals surface area contributed by atoms with E-state index >= 15 is 0 Å². The number of hydrogen-bond acceptors (Lipinski definition) is 2. The first-order valence-corrected chi connectivity index (χ1v) is 6.19. The summed E-state index contributed by atoms with van der Waals surface area (Å²) in [5.74, 6) is 0.786. The van der Waals surface area contributed by atoms with Gasteiger partial charge in [-0.25, -0.2) is 0 Å². The summed E-state index contributed by atoms with van der Waals surface area (Å²) in [6, 6.07) is 4.38. The standard InChI is InChI=1S/C14H22N2/c1-10-5-4-6-16(9-10)13-8-11(2)7-12(3)14(13)15/h7-8,10H,4-6,9,15H2,1-3H3/t10-/m0/s1. The third kappa shape index (κ3) is 2.16. The Balaban J connectivity index is 2.32. The highest BCUT2D eigenvalue weighted by Crippen LogP contribution is 2.31. The molecule has 0 aromatic heterocycles. The Morgan fingerprint density at radius 3 is 2.75 bits per heavy atom. The SMILES string of the molecule is Cc1cc(C)c(N)c(N2CCC[C@H](C)C2)c1. The Kier molecular flexibility index (Phi) is 3.08. The minimum absolute atomic E-state index is 0.786. The van der Waals surface area contributed by atoms with Gasteiger partial charge in [-0.1, -0.05) is 13.0 Å². The van der Waals surface area contributed by atoms with Crippen LogP contribution in [0.2, 0.25) is 0 Å². The Morgan fingerprint density at radius 1 is 1.31 bits per heavy atom. The summed E-state index contributed by atoms with van der Waals surface area (Å²) in [4.78, 5) is 2.45. The molecule has 1 aliphatic heterocycles. The van der Waals surface area contributed by atoms with Crippen LogP contribution in [0.3, 0.4) is 0 Å². The highest BCUT2D eigenvalue weighted by Gasteiger charge is 2.19. The number of nitrogens with two attached hydrogens (primary N) is 1. The van der Waals surface area contributed by atoms with Crippen molar-refractivity contribution in [1.29, 1.82) is 0 Å². The zero-order valence-electron chi connectivity index (χ0n) is 10.6. The normalized spacial score (nSPS) is 21.2. The minimum Gasteiger partial charge on any atom is -0.397 e. The number of benzene rings is 1. The molecular weight excluding hydrogens is 196 g/mol. The molecule has 2 rings (SSSR count). The average molecular weight is 218 g/mol. The molecule has 0 amide bonds. The first kappa shape index (κ1) is 11.3. The van der Waals surface area contributed by atoms with Crippen LogP contribution in [0.5, 0.6) is 0 Å². The maximum Gasteiger partial charge on any atom is 0.0605 e. The third-order valence-corrected chi connectivity index (χ3v) is 3.51. The zero-order chi connectivity index (χ0) is 11.7. The van der Waals surface area contributed by atoms with Crippen LogP contribution in [0.4, 0.5) is 11.4 Å². The van der Waals surface area contributed by atoms with Gasteiger partial charge >= 0.3 is 0 Å². The maximum atomic E-state index is 6.19. The molecule has 0 spiro atoms. The Labute approximate surface area is 98.4 Å². The first-order valence-electron chi connectivity index (χ1n) is 6.19. The summed E-state index contributed by atoms with van der Waals surface area (Å²) >= 11 is 0. The van der Waals surface area contributed by atoms with Crippen molar-refractivity contribution in [3.63, 3.8) is 0 Å². The lowest BCUT2D eigenvalue weighted by Crippen LogP contribution is -2.34. The second-order valence-corrected chi connectivity index (χ2v) is 5.21. The van der Waals surface area contributed by atoms with Crippen LogP contribution in [0.15, 0.2) is 12.1 Å². The number of anilines is 2. The lowest BCUT2D eigenvalue weighted by molar-refractivity contribution is 0.447. The molecule has 1 aromatic carbocycles. The molecule has 1 aromatic rings. The maximum absolute atomic E-state index is 6.19. The van der Waals surface area contributed by atoms with Crippen LogP contribution >= 0.6 is 0 Å². The molecule has 1 aliphatic rings. The number of nitrogen functional groups attached to an aromatic ring is 1. The minimum atomic E-state index is 0.786. The van der Waals surface area contributed by atoms with E-state index in [2.05, 4.69) is 37.8 Å². The Bertz CT molecular complexity index is 385. The van der Waals surface area contributed by atoms with E-state index in [9.17, 15) is 0 Å². The topological polar surface area (TPSA) is 29.3 Å². The second-order valence-electron chi connectivity index (χ2n) is 5.21. The monoisotopic (exact) mass is 218 g/mol. The molecule has 16 heavy (non-hydrogen) atoms. The highest BCUT2D eigenvalue weighted by molar-refractivity contribution is 5.72. The molecule has 0 radical (unpaired) electrons. The second kappa shape index (κ2) is 4.36. The lowest BCUT2D eigenvalue weighted by atomic mass is 9.98. The predicted molar refractivity (Wildman–Crippen MR) is 70.9 cm³/mol. The number of hydrogen-bond donors (Lipinski definition) is 1. The number of aryl methyl sites for hydroxylation is 2. The van der Waals surface area contributed by atoms with Gasteiger partial charge in [-0.3, -0.25) is 0 Å². The molecule has 0 unspecified atom stereocenters. The summed E-state index contributed by atoms with van der Waals surface area (Å²) in [6.07, 6.45) is 2.63. The lowest BCUT2D eigenvalue weighted by Gasteiger charge is -2.34. The van der Waals surface area contributed by atoms with Crippen LogP contribution in [-0.4, -0.2) is 13.1 Å². The molecule has 2 N–H and O–H groups in total. The van der Waals surface area contributed by atoms with E-state index in [1.807, 2.05) is 0 Å².